The standard InChI is InChI=1S/C23H22N6O5S/c1-28(2)35(32,33)15-10-8-14(9-11-15)21(30)25-20-13-18(19-7-4-12-34-19)27-29(20)23-24-17-6-3-5-16(17)22(31)26-23/h4,7-13H,3,5-6H2,1-2H3,(H,25,30)(H,24,26,31). The number of carbonyl (C=O) groups excluding carboxylic acids is 1. The van der Waals surface area contributed by atoms with Crippen LogP contribution in [0, 0.1) is 0 Å². The molecule has 11 nitrogen and oxygen atoms in total. The van der Waals surface area contributed by atoms with Crippen LogP contribution in [0.25, 0.3) is 17.4 Å². The van der Waals surface area contributed by atoms with E-state index in [9.17, 15) is 18.0 Å². The molecule has 0 bridgehead atoms. The molecule has 35 heavy (non-hydrogen) atoms. The van der Waals surface area contributed by atoms with E-state index in [-0.39, 0.29) is 27.8 Å². The van der Waals surface area contributed by atoms with Crippen molar-refractivity contribution in [2.24, 2.45) is 0 Å². The lowest BCUT2D eigenvalue weighted by Gasteiger charge is -2.12. The Morgan fingerprint density at radius 3 is 2.63 bits per heavy atom. The van der Waals surface area contributed by atoms with Gasteiger partial charge in [0.1, 0.15) is 11.5 Å². The van der Waals surface area contributed by atoms with Gasteiger partial charge in [-0.3, -0.25) is 14.6 Å². The number of sulfonamides is 1. The molecule has 1 aromatic carbocycles. The van der Waals surface area contributed by atoms with E-state index in [1.165, 1.54) is 49.3 Å². The van der Waals surface area contributed by atoms with E-state index in [2.05, 4.69) is 20.4 Å². The highest BCUT2D eigenvalue weighted by Crippen LogP contribution is 2.25. The zero-order valence-electron chi connectivity index (χ0n) is 19.0. The lowest BCUT2D eigenvalue weighted by molar-refractivity contribution is 0.102. The van der Waals surface area contributed by atoms with Crippen LogP contribution in [0.2, 0.25) is 0 Å². The summed E-state index contributed by atoms with van der Waals surface area (Å²) < 4.78 is 32.5. The Morgan fingerprint density at radius 2 is 1.94 bits per heavy atom. The molecule has 0 saturated carbocycles. The highest BCUT2D eigenvalue weighted by atomic mass is 32.2. The summed E-state index contributed by atoms with van der Waals surface area (Å²) in [5, 5.41) is 7.27. The van der Waals surface area contributed by atoms with Gasteiger partial charge in [-0.1, -0.05) is 0 Å². The fourth-order valence-electron chi connectivity index (χ4n) is 3.88. The van der Waals surface area contributed by atoms with E-state index < -0.39 is 15.9 Å². The monoisotopic (exact) mass is 494 g/mol. The molecule has 180 valence electrons. The number of hydrogen-bond acceptors (Lipinski definition) is 7. The van der Waals surface area contributed by atoms with Crippen LogP contribution in [0.4, 0.5) is 5.82 Å². The fourth-order valence-corrected chi connectivity index (χ4v) is 4.78. The molecular weight excluding hydrogens is 472 g/mol. The predicted molar refractivity (Wildman–Crippen MR) is 127 cm³/mol. The van der Waals surface area contributed by atoms with Crippen molar-refractivity contribution >= 4 is 21.7 Å². The van der Waals surface area contributed by atoms with Crippen molar-refractivity contribution in [1.29, 1.82) is 0 Å². The number of nitrogens with one attached hydrogen (secondary N) is 2. The Kier molecular flexibility index (Phi) is 5.61. The van der Waals surface area contributed by atoms with Crippen LogP contribution in [0.1, 0.15) is 28.0 Å². The third-order valence-corrected chi connectivity index (χ3v) is 7.58. The summed E-state index contributed by atoms with van der Waals surface area (Å²) in [6.45, 7) is 0. The molecule has 1 aliphatic rings. The maximum absolute atomic E-state index is 13.0. The number of amides is 1. The van der Waals surface area contributed by atoms with Crippen molar-refractivity contribution in [3.05, 3.63) is 75.9 Å². The van der Waals surface area contributed by atoms with Crippen molar-refractivity contribution in [2.75, 3.05) is 19.4 Å². The van der Waals surface area contributed by atoms with Gasteiger partial charge in [0.2, 0.25) is 16.0 Å². The van der Waals surface area contributed by atoms with Gasteiger partial charge >= 0.3 is 0 Å². The Hall–Kier alpha value is -4.03. The van der Waals surface area contributed by atoms with Crippen LogP contribution in [-0.2, 0) is 22.9 Å². The summed E-state index contributed by atoms with van der Waals surface area (Å²) in [5.74, 6) is 0.416. The largest absolute Gasteiger partial charge is 0.463 e. The molecule has 5 rings (SSSR count). The number of aryl methyl sites for hydroxylation is 1. The lowest BCUT2D eigenvalue weighted by Crippen LogP contribution is -2.22. The second-order valence-electron chi connectivity index (χ2n) is 8.24. The van der Waals surface area contributed by atoms with Crippen LogP contribution < -0.4 is 10.9 Å². The van der Waals surface area contributed by atoms with Gasteiger partial charge < -0.3 is 9.73 Å². The van der Waals surface area contributed by atoms with Gasteiger partial charge in [-0.15, -0.1) is 0 Å². The number of anilines is 1. The van der Waals surface area contributed by atoms with Crippen LogP contribution in [0.5, 0.6) is 0 Å². The molecule has 0 fully saturated rings. The Balaban J connectivity index is 1.51. The molecule has 2 N–H and O–H groups in total. The van der Waals surface area contributed by atoms with Gasteiger partial charge in [-0.2, -0.15) is 9.78 Å². The number of carbonyl (C=O) groups is 1. The van der Waals surface area contributed by atoms with E-state index in [4.69, 9.17) is 4.42 Å². The summed E-state index contributed by atoms with van der Waals surface area (Å²) in [6.07, 6.45) is 3.74. The lowest BCUT2D eigenvalue weighted by atomic mass is 10.2. The molecule has 0 unspecified atom stereocenters. The molecule has 12 heteroatoms. The molecule has 0 spiro atoms. The first-order chi connectivity index (χ1) is 16.7. The van der Waals surface area contributed by atoms with Gasteiger partial charge in [-0.05, 0) is 55.7 Å². The minimum atomic E-state index is -3.62. The Morgan fingerprint density at radius 1 is 1.17 bits per heavy atom. The van der Waals surface area contributed by atoms with Crippen molar-refractivity contribution < 1.29 is 17.6 Å². The molecule has 0 aliphatic heterocycles. The van der Waals surface area contributed by atoms with E-state index >= 15 is 0 Å². The smallest absolute Gasteiger partial charge is 0.256 e. The van der Waals surface area contributed by atoms with Crippen molar-refractivity contribution in [3.8, 4) is 17.4 Å². The van der Waals surface area contributed by atoms with E-state index in [0.717, 1.165) is 10.7 Å². The quantitative estimate of drug-likeness (QED) is 0.418. The minimum absolute atomic E-state index is 0.0733. The van der Waals surface area contributed by atoms with Crippen LogP contribution >= 0.6 is 0 Å². The fraction of sp³-hybridized carbons (Fsp3) is 0.217. The minimum Gasteiger partial charge on any atom is -0.463 e. The van der Waals surface area contributed by atoms with E-state index in [1.54, 1.807) is 18.2 Å². The second-order valence-corrected chi connectivity index (χ2v) is 10.4. The maximum Gasteiger partial charge on any atom is 0.256 e. The topological polar surface area (TPSA) is 143 Å². The molecule has 1 amide bonds. The number of aromatic amines is 1. The average Bonchev–Trinajstić information content (AvgIpc) is 3.59. The van der Waals surface area contributed by atoms with Gasteiger partial charge in [-0.25, -0.2) is 17.7 Å². The second kappa shape index (κ2) is 8.64. The van der Waals surface area contributed by atoms with Crippen LogP contribution in [0.3, 0.4) is 0 Å². The van der Waals surface area contributed by atoms with Gasteiger partial charge in [0, 0.05) is 31.3 Å². The molecule has 3 aromatic heterocycles. The number of fused-ring (bicyclic) bond motifs is 1. The Bertz CT molecular complexity index is 1570. The average molecular weight is 495 g/mol. The van der Waals surface area contributed by atoms with Gasteiger partial charge in [0.15, 0.2) is 5.76 Å². The molecule has 0 radical (unpaired) electrons. The van der Waals surface area contributed by atoms with Crippen molar-refractivity contribution in [2.45, 2.75) is 24.2 Å². The number of H-pyrrole nitrogens is 1. The zero-order chi connectivity index (χ0) is 24.7. The number of benzene rings is 1. The number of nitrogens with zero attached hydrogens (tertiary/aromatic N) is 4. The van der Waals surface area contributed by atoms with E-state index in [0.29, 0.717) is 35.6 Å². The SMILES string of the molecule is CN(C)S(=O)(=O)c1ccc(C(=O)Nc2cc(-c3ccco3)nn2-c2nc3c(c(=O)[nH]2)CCC3)cc1. The van der Waals surface area contributed by atoms with Crippen molar-refractivity contribution in [1.82, 2.24) is 24.1 Å². The normalized spacial score (nSPS) is 13.2. The summed E-state index contributed by atoms with van der Waals surface area (Å²) in [5.41, 5.74) is 1.83. The first-order valence-corrected chi connectivity index (χ1v) is 12.3. The van der Waals surface area contributed by atoms with Crippen LogP contribution in [-0.4, -0.2) is 52.5 Å². The number of furan rings is 1. The van der Waals surface area contributed by atoms with E-state index in [1.807, 2.05) is 0 Å². The highest BCUT2D eigenvalue weighted by Gasteiger charge is 2.22. The number of aromatic nitrogens is 4. The molecular formula is C23H22N6O5S. The number of rotatable bonds is 6. The van der Waals surface area contributed by atoms with Crippen molar-refractivity contribution in [3.63, 3.8) is 0 Å². The summed E-state index contributed by atoms with van der Waals surface area (Å²) >= 11 is 0. The molecule has 4 aromatic rings. The first-order valence-electron chi connectivity index (χ1n) is 10.8. The van der Waals surface area contributed by atoms with Gasteiger partial charge in [0.25, 0.3) is 11.5 Å². The summed E-state index contributed by atoms with van der Waals surface area (Å²) in [6, 6.07) is 10.6. The predicted octanol–water partition coefficient (Wildman–Crippen LogP) is 2.21. The molecule has 0 atom stereocenters. The van der Waals surface area contributed by atoms with Gasteiger partial charge in [0.05, 0.1) is 16.9 Å². The third-order valence-electron chi connectivity index (χ3n) is 5.75. The summed E-state index contributed by atoms with van der Waals surface area (Å²) in [7, 11) is -0.746. The highest BCUT2D eigenvalue weighted by molar-refractivity contribution is 7.89. The molecule has 0 saturated heterocycles. The summed E-state index contributed by atoms with van der Waals surface area (Å²) in [4.78, 5) is 33.0. The molecule has 1 aliphatic carbocycles. The maximum atomic E-state index is 13.0. The Labute approximate surface area is 200 Å². The number of hydrogen-bond donors (Lipinski definition) is 2. The molecule has 3 heterocycles. The third kappa shape index (κ3) is 4.17. The van der Waals surface area contributed by atoms with Crippen LogP contribution in [0.15, 0.2) is 62.8 Å². The first kappa shape index (κ1) is 22.7. The zero-order valence-corrected chi connectivity index (χ0v) is 19.8.